The molecular weight excluding hydrogens is 517 g/mol. The summed E-state index contributed by atoms with van der Waals surface area (Å²) in [5.74, 6) is -2.73. The molecule has 0 aliphatic carbocycles. The van der Waals surface area contributed by atoms with Crippen LogP contribution in [0.5, 0.6) is 0 Å². The SMILES string of the molecule is CCCCCOC(=O)c1ccc(NC(=O)CCC(=O)OCC(=O)Nc2cc(C(F)(F)F)ccc2Cl)cc1. The molecule has 0 saturated heterocycles. The third kappa shape index (κ3) is 10.5. The van der Waals surface area contributed by atoms with Crippen LogP contribution >= 0.6 is 11.6 Å². The van der Waals surface area contributed by atoms with E-state index in [9.17, 15) is 32.3 Å². The summed E-state index contributed by atoms with van der Waals surface area (Å²) in [4.78, 5) is 47.8. The predicted molar refractivity (Wildman–Crippen MR) is 130 cm³/mol. The largest absolute Gasteiger partial charge is 0.462 e. The van der Waals surface area contributed by atoms with Gasteiger partial charge in [-0.15, -0.1) is 0 Å². The topological polar surface area (TPSA) is 111 Å². The van der Waals surface area contributed by atoms with Crippen molar-refractivity contribution in [3.63, 3.8) is 0 Å². The van der Waals surface area contributed by atoms with Crippen molar-refractivity contribution in [1.82, 2.24) is 0 Å². The van der Waals surface area contributed by atoms with Gasteiger partial charge in [0.1, 0.15) is 0 Å². The zero-order valence-electron chi connectivity index (χ0n) is 20.0. The fourth-order valence-corrected chi connectivity index (χ4v) is 3.10. The fraction of sp³-hybridized carbons (Fsp3) is 0.360. The molecule has 37 heavy (non-hydrogen) atoms. The van der Waals surface area contributed by atoms with Crippen molar-refractivity contribution in [3.8, 4) is 0 Å². The van der Waals surface area contributed by atoms with Crippen LogP contribution in [0.25, 0.3) is 0 Å². The molecule has 200 valence electrons. The van der Waals surface area contributed by atoms with Gasteiger partial charge in [0.25, 0.3) is 5.91 Å². The molecule has 0 aromatic heterocycles. The maximum absolute atomic E-state index is 12.8. The van der Waals surface area contributed by atoms with Crippen molar-refractivity contribution in [2.24, 2.45) is 0 Å². The van der Waals surface area contributed by atoms with E-state index in [4.69, 9.17) is 21.1 Å². The first-order valence-electron chi connectivity index (χ1n) is 11.4. The minimum atomic E-state index is -4.63. The van der Waals surface area contributed by atoms with Crippen LogP contribution in [0.2, 0.25) is 5.02 Å². The molecule has 2 N–H and O–H groups in total. The molecule has 0 spiro atoms. The summed E-state index contributed by atoms with van der Waals surface area (Å²) in [6, 6.07) is 8.45. The standard InChI is InChI=1S/C25H26ClF3N2O6/c1-2-3-4-13-36-24(35)16-5-8-18(9-6-16)30-21(32)11-12-23(34)37-15-22(33)31-20-14-17(25(27,28)29)7-10-19(20)26/h5-10,14H,2-4,11-13,15H2,1H3,(H,30,32)(H,31,33). The average Bonchev–Trinajstić information content (AvgIpc) is 2.85. The molecule has 2 aromatic rings. The lowest BCUT2D eigenvalue weighted by Crippen LogP contribution is -2.22. The van der Waals surface area contributed by atoms with E-state index in [0.29, 0.717) is 23.9 Å². The average molecular weight is 543 g/mol. The van der Waals surface area contributed by atoms with Crippen molar-refractivity contribution in [2.75, 3.05) is 23.8 Å². The second kappa shape index (κ2) is 14.2. The normalized spacial score (nSPS) is 10.9. The van der Waals surface area contributed by atoms with Gasteiger partial charge in [-0.3, -0.25) is 14.4 Å². The summed E-state index contributed by atoms with van der Waals surface area (Å²) in [6.07, 6.45) is -2.45. The van der Waals surface area contributed by atoms with E-state index < -0.39 is 42.1 Å². The minimum absolute atomic E-state index is 0.124. The quantitative estimate of drug-likeness (QED) is 0.266. The Kier molecular flexibility index (Phi) is 11.4. The number of nitrogens with one attached hydrogen (secondary N) is 2. The van der Waals surface area contributed by atoms with E-state index in [1.54, 1.807) is 0 Å². The molecule has 2 aromatic carbocycles. The zero-order valence-corrected chi connectivity index (χ0v) is 20.7. The number of halogens is 4. The molecule has 0 atom stereocenters. The number of benzene rings is 2. The minimum Gasteiger partial charge on any atom is -0.462 e. The number of hydrogen-bond acceptors (Lipinski definition) is 6. The van der Waals surface area contributed by atoms with Crippen molar-refractivity contribution < 1.29 is 41.8 Å². The lowest BCUT2D eigenvalue weighted by atomic mass is 10.2. The van der Waals surface area contributed by atoms with Gasteiger partial charge >= 0.3 is 18.1 Å². The summed E-state index contributed by atoms with van der Waals surface area (Å²) in [7, 11) is 0. The number of anilines is 2. The highest BCUT2D eigenvalue weighted by Crippen LogP contribution is 2.33. The predicted octanol–water partition coefficient (Wildman–Crippen LogP) is 5.61. The number of ether oxygens (including phenoxy) is 2. The highest BCUT2D eigenvalue weighted by Gasteiger charge is 2.31. The summed E-state index contributed by atoms with van der Waals surface area (Å²) in [6.45, 7) is 1.60. The summed E-state index contributed by atoms with van der Waals surface area (Å²) in [5.41, 5.74) is -0.555. The number of rotatable bonds is 12. The van der Waals surface area contributed by atoms with Gasteiger partial charge in [0.05, 0.1) is 34.9 Å². The van der Waals surface area contributed by atoms with Crippen LogP contribution in [0.4, 0.5) is 24.5 Å². The Morgan fingerprint density at radius 2 is 1.59 bits per heavy atom. The van der Waals surface area contributed by atoms with Gasteiger partial charge in [0.15, 0.2) is 6.61 Å². The molecule has 0 radical (unpaired) electrons. The number of unbranched alkanes of at least 4 members (excludes halogenated alkanes) is 2. The maximum atomic E-state index is 12.8. The van der Waals surface area contributed by atoms with Gasteiger partial charge in [0, 0.05) is 12.1 Å². The Morgan fingerprint density at radius 1 is 0.892 bits per heavy atom. The smallest absolute Gasteiger partial charge is 0.416 e. The molecule has 0 aliphatic heterocycles. The van der Waals surface area contributed by atoms with Crippen LogP contribution in [0.15, 0.2) is 42.5 Å². The van der Waals surface area contributed by atoms with Crippen LogP contribution in [-0.4, -0.2) is 37.0 Å². The number of esters is 2. The number of hydrogen-bond donors (Lipinski definition) is 2. The molecule has 2 rings (SSSR count). The fourth-order valence-electron chi connectivity index (χ4n) is 2.93. The Labute approximate surface area is 216 Å². The second-order valence-electron chi connectivity index (χ2n) is 7.87. The van der Waals surface area contributed by atoms with Crippen LogP contribution in [0, 0.1) is 0 Å². The van der Waals surface area contributed by atoms with Crippen molar-refractivity contribution >= 4 is 46.7 Å². The van der Waals surface area contributed by atoms with Crippen LogP contribution in [0.3, 0.4) is 0 Å². The molecular formula is C25H26ClF3N2O6. The summed E-state index contributed by atoms with van der Waals surface area (Å²) < 4.78 is 48.4. The lowest BCUT2D eigenvalue weighted by molar-refractivity contribution is -0.147. The highest BCUT2D eigenvalue weighted by atomic mass is 35.5. The number of amides is 2. The first kappa shape index (κ1) is 29.6. The van der Waals surface area contributed by atoms with Gasteiger partial charge in [0.2, 0.25) is 5.91 Å². The van der Waals surface area contributed by atoms with Crippen molar-refractivity contribution in [3.05, 3.63) is 58.6 Å². The van der Waals surface area contributed by atoms with Crippen LogP contribution < -0.4 is 10.6 Å². The third-order valence-electron chi connectivity index (χ3n) is 4.87. The van der Waals surface area contributed by atoms with E-state index in [1.165, 1.54) is 24.3 Å². The summed E-state index contributed by atoms with van der Waals surface area (Å²) >= 11 is 5.80. The molecule has 0 aliphatic rings. The Hall–Kier alpha value is -3.60. The molecule has 2 amide bonds. The maximum Gasteiger partial charge on any atom is 0.416 e. The molecule has 0 fully saturated rings. The number of alkyl halides is 3. The van der Waals surface area contributed by atoms with E-state index >= 15 is 0 Å². The molecule has 0 heterocycles. The summed E-state index contributed by atoms with van der Waals surface area (Å²) in [5, 5.41) is 4.58. The lowest BCUT2D eigenvalue weighted by Gasteiger charge is -2.12. The third-order valence-corrected chi connectivity index (χ3v) is 5.20. The van der Waals surface area contributed by atoms with Gasteiger partial charge < -0.3 is 20.1 Å². The molecule has 12 heteroatoms. The van der Waals surface area contributed by atoms with Gasteiger partial charge in [-0.05, 0) is 48.9 Å². The van der Waals surface area contributed by atoms with Gasteiger partial charge in [-0.2, -0.15) is 13.2 Å². The highest BCUT2D eigenvalue weighted by molar-refractivity contribution is 6.33. The Morgan fingerprint density at radius 3 is 2.24 bits per heavy atom. The number of carbonyl (C=O) groups excluding carboxylic acids is 4. The molecule has 8 nitrogen and oxygen atoms in total. The van der Waals surface area contributed by atoms with E-state index in [2.05, 4.69) is 10.6 Å². The monoisotopic (exact) mass is 542 g/mol. The van der Waals surface area contributed by atoms with Crippen LogP contribution in [-0.2, 0) is 30.0 Å². The van der Waals surface area contributed by atoms with Crippen molar-refractivity contribution in [2.45, 2.75) is 45.2 Å². The zero-order chi connectivity index (χ0) is 27.4. The first-order valence-corrected chi connectivity index (χ1v) is 11.8. The Bertz CT molecular complexity index is 1110. The first-order chi connectivity index (χ1) is 17.5. The van der Waals surface area contributed by atoms with E-state index in [1.807, 2.05) is 6.92 Å². The molecule has 0 saturated carbocycles. The molecule has 0 bridgehead atoms. The second-order valence-corrected chi connectivity index (χ2v) is 8.28. The van der Waals surface area contributed by atoms with Gasteiger partial charge in [-0.25, -0.2) is 4.79 Å². The van der Waals surface area contributed by atoms with Crippen molar-refractivity contribution in [1.29, 1.82) is 0 Å². The number of carbonyl (C=O) groups is 4. The van der Waals surface area contributed by atoms with E-state index in [-0.39, 0.29) is 23.6 Å². The van der Waals surface area contributed by atoms with E-state index in [0.717, 1.165) is 31.4 Å². The Balaban J connectivity index is 1.73. The molecule has 0 unspecified atom stereocenters. The van der Waals surface area contributed by atoms with Gasteiger partial charge in [-0.1, -0.05) is 31.4 Å². The van der Waals surface area contributed by atoms with Crippen LogP contribution in [0.1, 0.15) is 54.9 Å².